The minimum atomic E-state index is -0.491. The van der Waals surface area contributed by atoms with Crippen molar-refractivity contribution in [3.8, 4) is 0 Å². The Morgan fingerprint density at radius 2 is 1.96 bits per heavy atom. The van der Waals surface area contributed by atoms with Crippen LogP contribution >= 0.6 is 23.2 Å². The summed E-state index contributed by atoms with van der Waals surface area (Å²) in [5.74, 6) is 0.0657. The van der Waals surface area contributed by atoms with Gasteiger partial charge in [-0.1, -0.05) is 29.3 Å². The summed E-state index contributed by atoms with van der Waals surface area (Å²) in [7, 11) is 0. The van der Waals surface area contributed by atoms with Gasteiger partial charge < -0.3 is 19.6 Å². The number of aromatic nitrogens is 3. The molecule has 0 aliphatic rings. The van der Waals surface area contributed by atoms with Crippen LogP contribution < -0.4 is 5.56 Å². The second-order valence-electron chi connectivity index (χ2n) is 6.04. The Kier molecular flexibility index (Phi) is 6.51. The van der Waals surface area contributed by atoms with E-state index in [9.17, 15) is 14.7 Å². The first-order valence-electron chi connectivity index (χ1n) is 8.52. The number of hydrogen-bond donors (Lipinski definition) is 2. The number of H-pyrrole nitrogens is 1. The molecule has 0 fully saturated rings. The van der Waals surface area contributed by atoms with Crippen LogP contribution in [0.4, 0.5) is 0 Å². The zero-order valence-corrected chi connectivity index (χ0v) is 16.3. The fourth-order valence-corrected chi connectivity index (χ4v) is 3.30. The summed E-state index contributed by atoms with van der Waals surface area (Å²) in [5, 5.41) is 10.2. The summed E-state index contributed by atoms with van der Waals surface area (Å²) in [6.07, 6.45) is 4.78. The second-order valence-corrected chi connectivity index (χ2v) is 6.86. The summed E-state index contributed by atoms with van der Waals surface area (Å²) in [6, 6.07) is 8.17. The van der Waals surface area contributed by atoms with E-state index in [1.165, 1.54) is 15.5 Å². The molecule has 2 N–H and O–H groups in total. The van der Waals surface area contributed by atoms with Crippen molar-refractivity contribution in [1.29, 1.82) is 0 Å². The van der Waals surface area contributed by atoms with Crippen LogP contribution in [0.2, 0.25) is 10.0 Å². The maximum Gasteiger partial charge on any atom is 0.263 e. The summed E-state index contributed by atoms with van der Waals surface area (Å²) < 4.78 is 1.38. The zero-order valence-electron chi connectivity index (χ0n) is 14.8. The first kappa shape index (κ1) is 20.1. The molecule has 1 amide bonds. The minimum absolute atomic E-state index is 0.00863. The number of aliphatic hydroxyl groups is 1. The molecule has 2 heterocycles. The van der Waals surface area contributed by atoms with Gasteiger partial charge in [0.25, 0.3) is 11.5 Å². The predicted molar refractivity (Wildman–Crippen MR) is 107 cm³/mol. The Hall–Kier alpha value is -2.61. The molecule has 1 aromatic carbocycles. The third kappa shape index (κ3) is 4.44. The average molecular weight is 421 g/mol. The van der Waals surface area contributed by atoms with E-state index in [1.807, 2.05) is 0 Å². The van der Waals surface area contributed by atoms with Gasteiger partial charge >= 0.3 is 0 Å². The molecule has 9 heteroatoms. The van der Waals surface area contributed by atoms with Crippen molar-refractivity contribution in [3.63, 3.8) is 0 Å². The van der Waals surface area contributed by atoms with Gasteiger partial charge in [0.1, 0.15) is 11.4 Å². The molecule has 0 unspecified atom stereocenters. The van der Waals surface area contributed by atoms with E-state index in [4.69, 9.17) is 23.2 Å². The largest absolute Gasteiger partial charge is 0.395 e. The SMILES string of the molecule is O=C(c1cccn(Cc2c(Cl)cccc2Cl)c1=O)N(CCO)Cc1ncc[nH]1. The van der Waals surface area contributed by atoms with Crippen LogP contribution in [0, 0.1) is 0 Å². The van der Waals surface area contributed by atoms with Crippen LogP contribution in [0.5, 0.6) is 0 Å². The van der Waals surface area contributed by atoms with Gasteiger partial charge in [-0.15, -0.1) is 0 Å². The van der Waals surface area contributed by atoms with E-state index in [0.717, 1.165) is 0 Å². The molecule has 7 nitrogen and oxygen atoms in total. The zero-order chi connectivity index (χ0) is 20.1. The first-order chi connectivity index (χ1) is 13.5. The fraction of sp³-hybridized carbons (Fsp3) is 0.211. The van der Waals surface area contributed by atoms with E-state index >= 15 is 0 Å². The summed E-state index contributed by atoms with van der Waals surface area (Å²) in [4.78, 5) is 34.2. The molecule has 2 aromatic heterocycles. The van der Waals surface area contributed by atoms with E-state index in [2.05, 4.69) is 9.97 Å². The maximum atomic E-state index is 12.9. The molecule has 0 saturated heterocycles. The van der Waals surface area contributed by atoms with Crippen LogP contribution in [0.25, 0.3) is 0 Å². The number of hydrogen-bond acceptors (Lipinski definition) is 4. The molecule has 28 heavy (non-hydrogen) atoms. The number of nitrogens with zero attached hydrogens (tertiary/aromatic N) is 3. The smallest absolute Gasteiger partial charge is 0.263 e. The molecule has 146 valence electrons. The molecule has 0 spiro atoms. The van der Waals surface area contributed by atoms with Gasteiger partial charge in [-0.2, -0.15) is 0 Å². The molecule has 0 radical (unpaired) electrons. The third-order valence-electron chi connectivity index (χ3n) is 4.19. The lowest BCUT2D eigenvalue weighted by molar-refractivity contribution is 0.0701. The van der Waals surface area contributed by atoms with Crippen molar-refractivity contribution in [1.82, 2.24) is 19.4 Å². The van der Waals surface area contributed by atoms with Gasteiger partial charge in [0.2, 0.25) is 0 Å². The van der Waals surface area contributed by atoms with Crippen LogP contribution in [0.1, 0.15) is 21.7 Å². The van der Waals surface area contributed by atoms with E-state index in [0.29, 0.717) is 21.4 Å². The van der Waals surface area contributed by atoms with Crippen molar-refractivity contribution in [3.05, 3.63) is 86.3 Å². The van der Waals surface area contributed by atoms with Gasteiger partial charge in [-0.3, -0.25) is 9.59 Å². The molecular weight excluding hydrogens is 403 g/mol. The van der Waals surface area contributed by atoms with Gasteiger partial charge in [-0.25, -0.2) is 4.98 Å². The number of nitrogens with one attached hydrogen (secondary N) is 1. The van der Waals surface area contributed by atoms with Crippen molar-refractivity contribution in [2.75, 3.05) is 13.2 Å². The Morgan fingerprint density at radius 1 is 1.21 bits per heavy atom. The number of pyridine rings is 1. The highest BCUT2D eigenvalue weighted by molar-refractivity contribution is 6.35. The average Bonchev–Trinajstić information content (AvgIpc) is 3.18. The number of aromatic amines is 1. The molecule has 3 aromatic rings. The standard InChI is InChI=1S/C19H18Cl2N4O3/c20-15-4-1-5-16(21)14(15)11-24-8-2-3-13(18(24)27)19(28)25(9-10-26)12-17-22-6-7-23-17/h1-8,26H,9-12H2,(H,22,23). The lowest BCUT2D eigenvalue weighted by atomic mass is 10.2. The molecule has 0 aliphatic heterocycles. The molecule has 0 saturated carbocycles. The molecule has 0 atom stereocenters. The van der Waals surface area contributed by atoms with Crippen molar-refractivity contribution in [2.24, 2.45) is 0 Å². The number of rotatable bonds is 7. The topological polar surface area (TPSA) is 91.2 Å². The van der Waals surface area contributed by atoms with Gasteiger partial charge in [0.05, 0.1) is 19.7 Å². The number of imidazole rings is 1. The van der Waals surface area contributed by atoms with E-state index in [-0.39, 0.29) is 31.8 Å². The Labute approximate surface area is 171 Å². The quantitative estimate of drug-likeness (QED) is 0.614. The number of benzene rings is 1. The fourth-order valence-electron chi connectivity index (χ4n) is 2.79. The van der Waals surface area contributed by atoms with Gasteiger partial charge in [0.15, 0.2) is 0 Å². The minimum Gasteiger partial charge on any atom is -0.395 e. The highest BCUT2D eigenvalue weighted by Gasteiger charge is 2.21. The van der Waals surface area contributed by atoms with E-state index < -0.39 is 11.5 Å². The lowest BCUT2D eigenvalue weighted by Crippen LogP contribution is -2.38. The second kappa shape index (κ2) is 9.05. The van der Waals surface area contributed by atoms with Crippen LogP contribution in [-0.2, 0) is 13.1 Å². The number of aliphatic hydroxyl groups excluding tert-OH is 1. The molecular formula is C19H18Cl2N4O3. The van der Waals surface area contributed by atoms with Crippen molar-refractivity contribution in [2.45, 2.75) is 13.1 Å². The number of carbonyl (C=O) groups is 1. The molecule has 0 aliphatic carbocycles. The normalized spacial score (nSPS) is 10.8. The number of halogens is 2. The number of carbonyl (C=O) groups excluding carboxylic acids is 1. The summed E-state index contributed by atoms with van der Waals surface area (Å²) in [5.41, 5.74) is 0.122. The first-order valence-corrected chi connectivity index (χ1v) is 9.27. The predicted octanol–water partition coefficient (Wildman–Crippen LogP) is 2.56. The highest BCUT2D eigenvalue weighted by atomic mass is 35.5. The third-order valence-corrected chi connectivity index (χ3v) is 4.90. The maximum absolute atomic E-state index is 12.9. The molecule has 0 bridgehead atoms. The van der Waals surface area contributed by atoms with Gasteiger partial charge in [-0.05, 0) is 24.3 Å². The Morgan fingerprint density at radius 3 is 2.61 bits per heavy atom. The number of amides is 1. The Balaban J connectivity index is 1.90. The lowest BCUT2D eigenvalue weighted by Gasteiger charge is -2.21. The Bertz CT molecular complexity index is 998. The van der Waals surface area contributed by atoms with Crippen molar-refractivity contribution >= 4 is 29.1 Å². The van der Waals surface area contributed by atoms with Crippen molar-refractivity contribution < 1.29 is 9.90 Å². The van der Waals surface area contributed by atoms with Crippen LogP contribution in [0.3, 0.4) is 0 Å². The van der Waals surface area contributed by atoms with Gasteiger partial charge in [0, 0.05) is 40.7 Å². The monoisotopic (exact) mass is 420 g/mol. The van der Waals surface area contributed by atoms with Crippen LogP contribution in [-0.4, -0.2) is 43.6 Å². The summed E-state index contributed by atoms with van der Waals surface area (Å²) in [6.45, 7) is 0.126. The highest BCUT2D eigenvalue weighted by Crippen LogP contribution is 2.24. The van der Waals surface area contributed by atoms with E-state index in [1.54, 1.807) is 42.9 Å². The molecule has 3 rings (SSSR count). The summed E-state index contributed by atoms with van der Waals surface area (Å²) >= 11 is 12.4. The van der Waals surface area contributed by atoms with Crippen LogP contribution in [0.15, 0.2) is 53.7 Å².